The lowest BCUT2D eigenvalue weighted by Gasteiger charge is -2.27. The lowest BCUT2D eigenvalue weighted by molar-refractivity contribution is 0.226. The van der Waals surface area contributed by atoms with Gasteiger partial charge in [-0.15, -0.1) is 0 Å². The molecule has 3 heterocycles. The van der Waals surface area contributed by atoms with Crippen molar-refractivity contribution in [3.63, 3.8) is 0 Å². The molecule has 3 atom stereocenters. The summed E-state index contributed by atoms with van der Waals surface area (Å²) in [4.78, 5) is 10.0. The minimum absolute atomic E-state index is 0.481. The molecule has 0 aromatic carbocycles. The number of likely N-dealkylation sites (tertiary alicyclic amines) is 1. The van der Waals surface area contributed by atoms with Gasteiger partial charge < -0.3 is 4.98 Å². The summed E-state index contributed by atoms with van der Waals surface area (Å²) < 4.78 is 0. The van der Waals surface area contributed by atoms with Crippen LogP contribution in [0.5, 0.6) is 0 Å². The van der Waals surface area contributed by atoms with Crippen LogP contribution in [0.2, 0.25) is 0 Å². The maximum Gasteiger partial charge on any atom is 0.0923 e. The van der Waals surface area contributed by atoms with E-state index in [0.29, 0.717) is 6.04 Å². The van der Waals surface area contributed by atoms with Gasteiger partial charge in [0.15, 0.2) is 0 Å². The van der Waals surface area contributed by atoms with E-state index in [1.54, 1.807) is 6.33 Å². The summed E-state index contributed by atoms with van der Waals surface area (Å²) in [5, 5.41) is 7.23. The summed E-state index contributed by atoms with van der Waals surface area (Å²) in [6.45, 7) is 7.07. The maximum absolute atomic E-state index is 4.38. The van der Waals surface area contributed by atoms with Gasteiger partial charge in [-0.3, -0.25) is 10.00 Å². The SMILES string of the molecule is CC1CN(C(Cc2c[nH]cn2)Cc2cc[nH]n2)CC1C. The van der Waals surface area contributed by atoms with Crippen LogP contribution in [-0.4, -0.2) is 44.2 Å². The fraction of sp³-hybridized carbons (Fsp3) is 0.600. The molecule has 0 amide bonds. The number of imidazole rings is 1. The molecule has 0 radical (unpaired) electrons. The van der Waals surface area contributed by atoms with Crippen LogP contribution in [0, 0.1) is 11.8 Å². The lowest BCUT2D eigenvalue weighted by atomic mass is 10.0. The number of aromatic amines is 2. The third-order valence-corrected chi connectivity index (χ3v) is 4.54. The first-order valence-electron chi connectivity index (χ1n) is 7.42. The minimum atomic E-state index is 0.481. The highest BCUT2D eigenvalue weighted by atomic mass is 15.2. The Hall–Kier alpha value is -1.62. The Morgan fingerprint density at radius 3 is 2.60 bits per heavy atom. The summed E-state index contributed by atoms with van der Waals surface area (Å²) in [6, 6.07) is 2.55. The normalized spacial score (nSPS) is 25.1. The average molecular weight is 273 g/mol. The number of hydrogen-bond donors (Lipinski definition) is 2. The Morgan fingerprint density at radius 1 is 1.25 bits per heavy atom. The van der Waals surface area contributed by atoms with Crippen LogP contribution in [0.1, 0.15) is 25.2 Å². The van der Waals surface area contributed by atoms with E-state index in [4.69, 9.17) is 0 Å². The molecule has 2 N–H and O–H groups in total. The number of H-pyrrole nitrogens is 2. The van der Waals surface area contributed by atoms with Crippen LogP contribution in [0.3, 0.4) is 0 Å². The van der Waals surface area contributed by atoms with Crippen molar-refractivity contribution in [2.45, 2.75) is 32.7 Å². The van der Waals surface area contributed by atoms with Crippen molar-refractivity contribution in [3.05, 3.63) is 36.2 Å². The fourth-order valence-electron chi connectivity index (χ4n) is 3.09. The van der Waals surface area contributed by atoms with Crippen LogP contribution in [0.25, 0.3) is 0 Å². The Balaban J connectivity index is 1.72. The van der Waals surface area contributed by atoms with Crippen molar-refractivity contribution in [2.75, 3.05) is 13.1 Å². The van der Waals surface area contributed by atoms with Gasteiger partial charge in [-0.1, -0.05) is 13.8 Å². The summed E-state index contributed by atoms with van der Waals surface area (Å²) in [7, 11) is 0. The Kier molecular flexibility index (Phi) is 3.87. The monoisotopic (exact) mass is 273 g/mol. The molecule has 2 aromatic heterocycles. The molecule has 2 aromatic rings. The van der Waals surface area contributed by atoms with Crippen LogP contribution < -0.4 is 0 Å². The standard InChI is InChI=1S/C15H23N5/c1-11-8-20(9-12(11)2)15(5-13-3-4-18-19-13)6-14-7-16-10-17-14/h3-4,7,10-12,15H,5-6,8-9H2,1-2H3,(H,16,17)(H,18,19). The highest BCUT2D eigenvalue weighted by molar-refractivity contribution is 5.06. The number of nitrogens with zero attached hydrogens (tertiary/aromatic N) is 3. The van der Waals surface area contributed by atoms with Crippen molar-refractivity contribution in [2.24, 2.45) is 11.8 Å². The largest absolute Gasteiger partial charge is 0.351 e. The second-order valence-electron chi connectivity index (χ2n) is 6.10. The van der Waals surface area contributed by atoms with Crippen LogP contribution in [0.15, 0.2) is 24.8 Å². The Labute approximate surface area is 119 Å². The first kappa shape index (κ1) is 13.4. The van der Waals surface area contributed by atoms with Gasteiger partial charge in [-0.2, -0.15) is 5.10 Å². The van der Waals surface area contributed by atoms with Gasteiger partial charge in [0.05, 0.1) is 17.7 Å². The summed E-state index contributed by atoms with van der Waals surface area (Å²) in [6.07, 6.45) is 7.62. The van der Waals surface area contributed by atoms with Crippen LogP contribution in [-0.2, 0) is 12.8 Å². The number of nitrogens with one attached hydrogen (secondary N) is 2. The predicted molar refractivity (Wildman–Crippen MR) is 78.3 cm³/mol. The third-order valence-electron chi connectivity index (χ3n) is 4.54. The summed E-state index contributed by atoms with van der Waals surface area (Å²) in [5.41, 5.74) is 2.27. The second-order valence-corrected chi connectivity index (χ2v) is 6.10. The third kappa shape index (κ3) is 2.93. The first-order valence-corrected chi connectivity index (χ1v) is 7.42. The zero-order valence-electron chi connectivity index (χ0n) is 12.2. The molecule has 5 heteroatoms. The second kappa shape index (κ2) is 5.79. The van der Waals surface area contributed by atoms with Crippen LogP contribution in [0.4, 0.5) is 0 Å². The van der Waals surface area contributed by atoms with Gasteiger partial charge in [0, 0.05) is 44.4 Å². The summed E-state index contributed by atoms with van der Waals surface area (Å²) >= 11 is 0. The minimum Gasteiger partial charge on any atom is -0.351 e. The van der Waals surface area contributed by atoms with Crippen LogP contribution >= 0.6 is 0 Å². The van der Waals surface area contributed by atoms with Gasteiger partial charge >= 0.3 is 0 Å². The molecule has 0 aliphatic carbocycles. The molecule has 3 unspecified atom stereocenters. The first-order chi connectivity index (χ1) is 9.72. The van der Waals surface area contributed by atoms with E-state index >= 15 is 0 Å². The van der Waals surface area contributed by atoms with Gasteiger partial charge in [-0.25, -0.2) is 4.98 Å². The van der Waals surface area contributed by atoms with E-state index in [-0.39, 0.29) is 0 Å². The number of rotatable bonds is 5. The molecule has 0 spiro atoms. The molecule has 5 nitrogen and oxygen atoms in total. The van der Waals surface area contributed by atoms with Gasteiger partial charge in [0.1, 0.15) is 0 Å². The Bertz CT molecular complexity index is 458. The molecular weight excluding hydrogens is 250 g/mol. The Morgan fingerprint density at radius 2 is 2.00 bits per heavy atom. The molecular formula is C15H23N5. The zero-order valence-corrected chi connectivity index (χ0v) is 12.2. The number of aromatic nitrogens is 4. The van der Waals surface area contributed by atoms with Gasteiger partial charge in [0.2, 0.25) is 0 Å². The lowest BCUT2D eigenvalue weighted by Crippen LogP contribution is -2.37. The molecule has 1 fully saturated rings. The zero-order chi connectivity index (χ0) is 13.9. The van der Waals surface area contributed by atoms with Crippen molar-refractivity contribution in [1.82, 2.24) is 25.1 Å². The van der Waals surface area contributed by atoms with E-state index < -0.39 is 0 Å². The van der Waals surface area contributed by atoms with Crippen molar-refractivity contribution in [1.29, 1.82) is 0 Å². The van der Waals surface area contributed by atoms with E-state index in [1.165, 1.54) is 13.1 Å². The summed E-state index contributed by atoms with van der Waals surface area (Å²) in [5.74, 6) is 1.55. The predicted octanol–water partition coefficient (Wildman–Crippen LogP) is 1.87. The quantitative estimate of drug-likeness (QED) is 0.874. The average Bonchev–Trinajstić information content (AvgIpc) is 3.13. The van der Waals surface area contributed by atoms with E-state index in [9.17, 15) is 0 Å². The molecule has 0 bridgehead atoms. The highest BCUT2D eigenvalue weighted by Crippen LogP contribution is 2.26. The maximum atomic E-state index is 4.38. The smallest absolute Gasteiger partial charge is 0.0923 e. The molecule has 1 saturated heterocycles. The number of hydrogen-bond acceptors (Lipinski definition) is 3. The molecule has 1 aliphatic heterocycles. The van der Waals surface area contributed by atoms with E-state index in [0.717, 1.165) is 36.1 Å². The molecule has 108 valence electrons. The van der Waals surface area contributed by atoms with Gasteiger partial charge in [-0.05, 0) is 17.9 Å². The fourth-order valence-corrected chi connectivity index (χ4v) is 3.09. The molecule has 1 aliphatic rings. The van der Waals surface area contributed by atoms with Crippen molar-refractivity contribution < 1.29 is 0 Å². The topological polar surface area (TPSA) is 60.6 Å². The van der Waals surface area contributed by atoms with E-state index in [1.807, 2.05) is 12.4 Å². The van der Waals surface area contributed by atoms with Crippen molar-refractivity contribution in [3.8, 4) is 0 Å². The van der Waals surface area contributed by atoms with Gasteiger partial charge in [0.25, 0.3) is 0 Å². The molecule has 3 rings (SSSR count). The van der Waals surface area contributed by atoms with E-state index in [2.05, 4.69) is 45.0 Å². The molecule has 0 saturated carbocycles. The highest BCUT2D eigenvalue weighted by Gasteiger charge is 2.31. The molecule has 20 heavy (non-hydrogen) atoms. The van der Waals surface area contributed by atoms with Crippen molar-refractivity contribution >= 4 is 0 Å².